The first kappa shape index (κ1) is 23.0. The molecule has 0 radical (unpaired) electrons. The molecule has 1 unspecified atom stereocenters. The van der Waals surface area contributed by atoms with Crippen LogP contribution in [-0.4, -0.2) is 35.7 Å². The molecule has 34 heavy (non-hydrogen) atoms. The second-order valence-corrected chi connectivity index (χ2v) is 8.39. The van der Waals surface area contributed by atoms with Crippen molar-refractivity contribution >= 4 is 23.7 Å². The third-order valence-corrected chi connectivity index (χ3v) is 5.80. The van der Waals surface area contributed by atoms with E-state index >= 15 is 0 Å². The Balaban J connectivity index is 1.30. The van der Waals surface area contributed by atoms with Gasteiger partial charge in [0.2, 0.25) is 5.91 Å². The molecule has 0 saturated carbocycles. The van der Waals surface area contributed by atoms with Gasteiger partial charge in [-0.15, -0.1) is 0 Å². The molecule has 0 bridgehead atoms. The van der Waals surface area contributed by atoms with E-state index in [0.717, 1.165) is 16.7 Å². The summed E-state index contributed by atoms with van der Waals surface area (Å²) < 4.78 is 5.55. The van der Waals surface area contributed by atoms with Gasteiger partial charge in [0, 0.05) is 17.6 Å². The molecule has 3 N–H and O–H groups in total. The molecule has 0 spiro atoms. The fourth-order valence-corrected chi connectivity index (χ4v) is 4.28. The van der Waals surface area contributed by atoms with Gasteiger partial charge in [-0.3, -0.25) is 14.9 Å². The van der Waals surface area contributed by atoms with Crippen LogP contribution in [0.15, 0.2) is 72.8 Å². The van der Waals surface area contributed by atoms with Gasteiger partial charge in [-0.1, -0.05) is 60.7 Å². The molecule has 0 fully saturated rings. The number of anilines is 1. The summed E-state index contributed by atoms with van der Waals surface area (Å²) >= 11 is 0. The van der Waals surface area contributed by atoms with Crippen LogP contribution in [0.3, 0.4) is 0 Å². The molecule has 174 valence electrons. The van der Waals surface area contributed by atoms with Crippen LogP contribution in [0, 0.1) is 0 Å². The molecule has 0 heterocycles. The van der Waals surface area contributed by atoms with Crippen LogP contribution in [0.5, 0.6) is 0 Å². The molecular weight excluding hydrogens is 432 g/mol. The maximum Gasteiger partial charge on any atom is 0.411 e. The zero-order valence-electron chi connectivity index (χ0n) is 18.8. The summed E-state index contributed by atoms with van der Waals surface area (Å²) in [6.45, 7) is 1.88. The molecule has 7 nitrogen and oxygen atoms in total. The lowest BCUT2D eigenvalue weighted by atomic mass is 9.98. The van der Waals surface area contributed by atoms with E-state index < -0.39 is 18.1 Å². The smallest absolute Gasteiger partial charge is 0.411 e. The maximum absolute atomic E-state index is 12.4. The number of aliphatic carboxylic acids is 1. The molecule has 1 aliphatic carbocycles. The number of hydrogen-bond acceptors (Lipinski definition) is 4. The van der Waals surface area contributed by atoms with Gasteiger partial charge >= 0.3 is 12.1 Å². The number of nitrogens with one attached hydrogen (secondary N) is 2. The first-order chi connectivity index (χ1) is 16.4. The minimum atomic E-state index is -0.962. The molecule has 4 rings (SSSR count). The molecule has 0 aromatic heterocycles. The second-order valence-electron chi connectivity index (χ2n) is 8.39. The number of ether oxygens (including phenoxy) is 1. The molecule has 2 amide bonds. The fourth-order valence-electron chi connectivity index (χ4n) is 4.28. The van der Waals surface area contributed by atoms with Crippen molar-refractivity contribution in [3.05, 3.63) is 89.5 Å². The zero-order chi connectivity index (χ0) is 24.1. The molecule has 1 atom stereocenters. The van der Waals surface area contributed by atoms with E-state index in [0.29, 0.717) is 5.69 Å². The van der Waals surface area contributed by atoms with Crippen molar-refractivity contribution in [1.82, 2.24) is 5.32 Å². The lowest BCUT2D eigenvalue weighted by Gasteiger charge is -2.15. The minimum Gasteiger partial charge on any atom is -0.481 e. The van der Waals surface area contributed by atoms with Gasteiger partial charge in [0.1, 0.15) is 6.61 Å². The van der Waals surface area contributed by atoms with Crippen LogP contribution in [0.4, 0.5) is 10.5 Å². The van der Waals surface area contributed by atoms with E-state index in [1.54, 1.807) is 31.2 Å². The minimum absolute atomic E-state index is 0.0115. The Kier molecular flexibility index (Phi) is 6.92. The molecule has 0 aliphatic heterocycles. The highest BCUT2D eigenvalue weighted by atomic mass is 16.5. The van der Waals surface area contributed by atoms with Crippen LogP contribution < -0.4 is 10.6 Å². The SMILES string of the molecule is CC(CC(=O)O)NC(=O)Cc1ccc(NC(=O)OCC2c3ccccc3-c3ccccc32)cc1. The van der Waals surface area contributed by atoms with E-state index in [9.17, 15) is 14.4 Å². The normalized spacial score (nSPS) is 12.9. The van der Waals surface area contributed by atoms with Gasteiger partial charge in [-0.2, -0.15) is 0 Å². The summed E-state index contributed by atoms with van der Waals surface area (Å²) in [5, 5.41) is 14.2. The summed E-state index contributed by atoms with van der Waals surface area (Å²) in [7, 11) is 0. The van der Waals surface area contributed by atoms with Crippen molar-refractivity contribution in [3.8, 4) is 11.1 Å². The van der Waals surface area contributed by atoms with E-state index in [4.69, 9.17) is 9.84 Å². The van der Waals surface area contributed by atoms with Crippen LogP contribution in [-0.2, 0) is 20.7 Å². The van der Waals surface area contributed by atoms with Crippen LogP contribution in [0.1, 0.15) is 36.0 Å². The van der Waals surface area contributed by atoms with Gasteiger partial charge in [0.15, 0.2) is 0 Å². The Morgan fingerprint density at radius 1 is 0.912 bits per heavy atom. The van der Waals surface area contributed by atoms with Crippen molar-refractivity contribution in [2.24, 2.45) is 0 Å². The van der Waals surface area contributed by atoms with Crippen molar-refractivity contribution in [3.63, 3.8) is 0 Å². The number of benzene rings is 3. The number of hydrogen-bond donors (Lipinski definition) is 3. The number of carbonyl (C=O) groups is 3. The Hall–Kier alpha value is -4.13. The van der Waals surface area contributed by atoms with Gasteiger partial charge < -0.3 is 15.2 Å². The lowest BCUT2D eigenvalue weighted by molar-refractivity contribution is -0.137. The third kappa shape index (κ3) is 5.43. The molecule has 3 aromatic carbocycles. The fraction of sp³-hybridized carbons (Fsp3) is 0.222. The van der Waals surface area contributed by atoms with E-state index in [-0.39, 0.29) is 31.3 Å². The van der Waals surface area contributed by atoms with Gasteiger partial charge in [0.25, 0.3) is 0 Å². The molecule has 0 saturated heterocycles. The number of fused-ring (bicyclic) bond motifs is 3. The highest BCUT2D eigenvalue weighted by Gasteiger charge is 2.29. The average molecular weight is 459 g/mol. The van der Waals surface area contributed by atoms with Crippen molar-refractivity contribution in [2.45, 2.75) is 31.7 Å². The van der Waals surface area contributed by atoms with Gasteiger partial charge in [-0.05, 0) is 46.9 Å². The van der Waals surface area contributed by atoms with Crippen molar-refractivity contribution in [2.75, 3.05) is 11.9 Å². The monoisotopic (exact) mass is 458 g/mol. The summed E-state index contributed by atoms with van der Waals surface area (Å²) in [5.41, 5.74) is 5.94. The molecule has 3 aromatic rings. The predicted molar refractivity (Wildman–Crippen MR) is 129 cm³/mol. The van der Waals surface area contributed by atoms with Crippen LogP contribution in [0.25, 0.3) is 11.1 Å². The van der Waals surface area contributed by atoms with E-state index in [2.05, 4.69) is 34.9 Å². The Morgan fingerprint density at radius 2 is 1.50 bits per heavy atom. The first-order valence-electron chi connectivity index (χ1n) is 11.1. The average Bonchev–Trinajstić information content (AvgIpc) is 3.12. The zero-order valence-corrected chi connectivity index (χ0v) is 18.8. The number of carboxylic acids is 1. The highest BCUT2D eigenvalue weighted by Crippen LogP contribution is 2.44. The topological polar surface area (TPSA) is 105 Å². The lowest BCUT2D eigenvalue weighted by Crippen LogP contribution is -2.35. The van der Waals surface area contributed by atoms with E-state index in [1.807, 2.05) is 24.3 Å². The molecule has 1 aliphatic rings. The molecular formula is C27H26N2O5. The van der Waals surface area contributed by atoms with Crippen molar-refractivity contribution < 1.29 is 24.2 Å². The van der Waals surface area contributed by atoms with Crippen LogP contribution in [0.2, 0.25) is 0 Å². The summed E-state index contributed by atoms with van der Waals surface area (Å²) in [6.07, 6.45) is -0.556. The predicted octanol–water partition coefficient (Wildman–Crippen LogP) is 4.57. The number of rotatable bonds is 8. The second kappa shape index (κ2) is 10.2. The Labute approximate surface area is 197 Å². The van der Waals surface area contributed by atoms with E-state index in [1.165, 1.54) is 11.1 Å². The summed E-state index contributed by atoms with van der Waals surface area (Å²) in [6, 6.07) is 22.7. The van der Waals surface area contributed by atoms with Crippen LogP contribution >= 0.6 is 0 Å². The third-order valence-electron chi connectivity index (χ3n) is 5.80. The Bertz CT molecular complexity index is 1160. The Morgan fingerprint density at radius 3 is 2.09 bits per heavy atom. The standard InChI is InChI=1S/C27H26N2O5/c1-17(14-26(31)32)28-25(30)15-18-10-12-19(13-11-18)29-27(33)34-16-24-22-8-4-2-6-20(22)21-7-3-5-9-23(21)24/h2-13,17,24H,14-16H2,1H3,(H,28,30)(H,29,33)(H,31,32). The number of carbonyl (C=O) groups excluding carboxylic acids is 2. The van der Waals surface area contributed by atoms with Gasteiger partial charge in [-0.25, -0.2) is 4.79 Å². The quantitative estimate of drug-likeness (QED) is 0.459. The van der Waals surface area contributed by atoms with Crippen molar-refractivity contribution in [1.29, 1.82) is 0 Å². The molecule has 7 heteroatoms. The number of carboxylic acid groups (broad SMARTS) is 1. The maximum atomic E-state index is 12.4. The summed E-state index contributed by atoms with van der Waals surface area (Å²) in [4.78, 5) is 35.2. The van der Waals surface area contributed by atoms with Gasteiger partial charge in [0.05, 0.1) is 12.8 Å². The first-order valence-corrected chi connectivity index (χ1v) is 11.1. The highest BCUT2D eigenvalue weighted by molar-refractivity contribution is 5.85. The number of amides is 2. The summed E-state index contributed by atoms with van der Waals surface area (Å²) in [5.74, 6) is -1.23. The largest absolute Gasteiger partial charge is 0.481 e.